The molecule has 0 atom stereocenters. The summed E-state index contributed by atoms with van der Waals surface area (Å²) in [5.41, 5.74) is 9.65. The van der Waals surface area contributed by atoms with Gasteiger partial charge in [-0.05, 0) is 37.1 Å². The fraction of sp³-hybridized carbons (Fsp3) is 0.304. The van der Waals surface area contributed by atoms with Crippen LogP contribution in [0.25, 0.3) is 28.5 Å². The summed E-state index contributed by atoms with van der Waals surface area (Å²) in [6.07, 6.45) is 4.19. The predicted molar refractivity (Wildman–Crippen MR) is 128 cm³/mol. The van der Waals surface area contributed by atoms with Gasteiger partial charge in [0.2, 0.25) is 17.7 Å². The number of halogens is 1. The number of carbonyl (C=O) groups is 1. The normalized spacial score (nSPS) is 13.6. The lowest BCUT2D eigenvalue weighted by atomic mass is 10.0. The van der Waals surface area contributed by atoms with Crippen molar-refractivity contribution in [3.8, 4) is 22.8 Å². The fourth-order valence-electron chi connectivity index (χ4n) is 4.04. The molecule has 1 aromatic carbocycles. The van der Waals surface area contributed by atoms with Gasteiger partial charge < -0.3 is 20.4 Å². The van der Waals surface area contributed by atoms with Gasteiger partial charge in [0.05, 0.1) is 12.0 Å². The molecule has 3 aromatic heterocycles. The van der Waals surface area contributed by atoms with Gasteiger partial charge in [-0.25, -0.2) is 9.97 Å². The lowest BCUT2D eigenvalue weighted by Gasteiger charge is -2.15. The molecule has 1 fully saturated rings. The molecular formula is C23H26ClN7O2. The molecule has 10 heteroatoms. The standard InChI is InChI=1S/C23H25N7O2.ClH/c24-23-26-18(14-20-27-22(28-30(20)23)19-8-4-13-32-19)17-7-2-1-6-16(17)15-25-10-5-12-29-11-3-9-21(29)31;/h1-2,4,6-8,13-14,25H,3,5,9-12,15H2,(H2,24,26);1H. The number of carbonyl (C=O) groups excluding carboxylic acids is 1. The van der Waals surface area contributed by atoms with Gasteiger partial charge in [0.1, 0.15) is 0 Å². The molecule has 1 amide bonds. The van der Waals surface area contributed by atoms with Gasteiger partial charge in [-0.1, -0.05) is 24.3 Å². The molecule has 3 N–H and O–H groups in total. The molecule has 0 unspecified atom stereocenters. The highest BCUT2D eigenvalue weighted by Crippen LogP contribution is 2.25. The summed E-state index contributed by atoms with van der Waals surface area (Å²) < 4.78 is 6.91. The predicted octanol–water partition coefficient (Wildman–Crippen LogP) is 3.16. The Morgan fingerprint density at radius 1 is 1.15 bits per heavy atom. The van der Waals surface area contributed by atoms with E-state index in [-0.39, 0.29) is 24.3 Å². The largest absolute Gasteiger partial charge is 0.461 e. The Hall–Kier alpha value is -3.43. The molecule has 9 nitrogen and oxygen atoms in total. The van der Waals surface area contributed by atoms with E-state index in [1.807, 2.05) is 29.2 Å². The summed E-state index contributed by atoms with van der Waals surface area (Å²) in [4.78, 5) is 22.8. The second-order valence-electron chi connectivity index (χ2n) is 7.85. The summed E-state index contributed by atoms with van der Waals surface area (Å²) in [6.45, 7) is 3.24. The molecule has 0 aliphatic carbocycles. The van der Waals surface area contributed by atoms with E-state index >= 15 is 0 Å². The summed E-state index contributed by atoms with van der Waals surface area (Å²) in [7, 11) is 0. The maximum Gasteiger partial charge on any atom is 0.223 e. The van der Waals surface area contributed by atoms with Crippen molar-refractivity contribution in [3.05, 3.63) is 54.3 Å². The number of fused-ring (bicyclic) bond motifs is 1. The van der Waals surface area contributed by atoms with Crippen LogP contribution in [0.5, 0.6) is 0 Å². The molecule has 33 heavy (non-hydrogen) atoms. The number of furan rings is 1. The van der Waals surface area contributed by atoms with Gasteiger partial charge in [-0.3, -0.25) is 4.79 Å². The number of nitrogen functional groups attached to an aromatic ring is 1. The molecule has 4 aromatic rings. The first-order chi connectivity index (χ1) is 15.7. The van der Waals surface area contributed by atoms with E-state index in [9.17, 15) is 4.79 Å². The molecule has 0 radical (unpaired) electrons. The fourth-order valence-corrected chi connectivity index (χ4v) is 4.04. The van der Waals surface area contributed by atoms with E-state index in [4.69, 9.17) is 10.2 Å². The van der Waals surface area contributed by atoms with Crippen LogP contribution < -0.4 is 11.1 Å². The minimum atomic E-state index is 0. The van der Waals surface area contributed by atoms with E-state index in [1.54, 1.807) is 18.4 Å². The van der Waals surface area contributed by atoms with Crippen molar-refractivity contribution in [2.75, 3.05) is 25.4 Å². The summed E-state index contributed by atoms with van der Waals surface area (Å²) in [6, 6.07) is 13.6. The average Bonchev–Trinajstić information content (AvgIpc) is 3.55. The minimum Gasteiger partial charge on any atom is -0.461 e. The lowest BCUT2D eigenvalue weighted by Crippen LogP contribution is -2.28. The number of nitrogens with zero attached hydrogens (tertiary/aromatic N) is 5. The minimum absolute atomic E-state index is 0. The number of aromatic nitrogens is 4. The second-order valence-corrected chi connectivity index (χ2v) is 7.85. The van der Waals surface area contributed by atoms with Crippen molar-refractivity contribution in [2.45, 2.75) is 25.8 Å². The van der Waals surface area contributed by atoms with Gasteiger partial charge in [-0.2, -0.15) is 4.52 Å². The molecule has 1 aliphatic rings. The van der Waals surface area contributed by atoms with E-state index < -0.39 is 0 Å². The molecule has 0 saturated carbocycles. The molecule has 5 rings (SSSR count). The molecule has 4 heterocycles. The molecular weight excluding hydrogens is 442 g/mol. The van der Waals surface area contributed by atoms with Crippen molar-refractivity contribution in [1.82, 2.24) is 29.8 Å². The van der Waals surface area contributed by atoms with Crippen molar-refractivity contribution in [3.63, 3.8) is 0 Å². The van der Waals surface area contributed by atoms with Crippen LogP contribution in [-0.2, 0) is 11.3 Å². The Morgan fingerprint density at radius 2 is 2.03 bits per heavy atom. The van der Waals surface area contributed by atoms with E-state index in [2.05, 4.69) is 26.4 Å². The van der Waals surface area contributed by atoms with Gasteiger partial charge in [0.15, 0.2) is 11.4 Å². The Bertz CT molecular complexity index is 1240. The Labute approximate surface area is 197 Å². The van der Waals surface area contributed by atoms with Crippen LogP contribution in [0, 0.1) is 0 Å². The Kier molecular flexibility index (Phi) is 6.90. The van der Waals surface area contributed by atoms with E-state index in [1.165, 1.54) is 4.52 Å². The van der Waals surface area contributed by atoms with Crippen molar-refractivity contribution < 1.29 is 9.21 Å². The van der Waals surface area contributed by atoms with Crippen LogP contribution in [0.15, 0.2) is 53.1 Å². The number of hydrogen-bond acceptors (Lipinski definition) is 7. The number of benzene rings is 1. The third-order valence-corrected chi connectivity index (χ3v) is 5.65. The quantitative estimate of drug-likeness (QED) is 0.382. The zero-order valence-electron chi connectivity index (χ0n) is 18.1. The highest BCUT2D eigenvalue weighted by molar-refractivity contribution is 5.85. The zero-order valence-corrected chi connectivity index (χ0v) is 18.9. The van der Waals surface area contributed by atoms with Crippen LogP contribution in [0.3, 0.4) is 0 Å². The van der Waals surface area contributed by atoms with Gasteiger partial charge in [0, 0.05) is 37.7 Å². The summed E-state index contributed by atoms with van der Waals surface area (Å²) in [5, 5.41) is 7.89. The number of nitrogens with two attached hydrogens (primary N) is 1. The highest BCUT2D eigenvalue weighted by Gasteiger charge is 2.19. The molecule has 172 valence electrons. The topological polar surface area (TPSA) is 115 Å². The highest BCUT2D eigenvalue weighted by atomic mass is 35.5. The van der Waals surface area contributed by atoms with Crippen LogP contribution in [0.2, 0.25) is 0 Å². The number of anilines is 1. The number of rotatable bonds is 8. The maximum absolute atomic E-state index is 11.7. The third-order valence-electron chi connectivity index (χ3n) is 5.65. The van der Waals surface area contributed by atoms with Crippen molar-refractivity contribution in [2.24, 2.45) is 0 Å². The molecule has 1 saturated heterocycles. The molecule has 0 bridgehead atoms. The number of likely N-dealkylation sites (tertiary alicyclic amines) is 1. The van der Waals surface area contributed by atoms with Crippen LogP contribution in [0.1, 0.15) is 24.8 Å². The first-order valence-electron chi connectivity index (χ1n) is 10.8. The van der Waals surface area contributed by atoms with Crippen LogP contribution in [0.4, 0.5) is 5.95 Å². The number of hydrogen-bond donors (Lipinski definition) is 2. The van der Waals surface area contributed by atoms with Crippen LogP contribution in [-0.4, -0.2) is 50.0 Å². The zero-order chi connectivity index (χ0) is 21.9. The van der Waals surface area contributed by atoms with Gasteiger partial charge in [0.25, 0.3) is 0 Å². The summed E-state index contributed by atoms with van der Waals surface area (Å²) in [5.74, 6) is 1.58. The van der Waals surface area contributed by atoms with Gasteiger partial charge in [-0.15, -0.1) is 17.5 Å². The van der Waals surface area contributed by atoms with Gasteiger partial charge >= 0.3 is 0 Å². The summed E-state index contributed by atoms with van der Waals surface area (Å²) >= 11 is 0. The number of amides is 1. The van der Waals surface area contributed by atoms with E-state index in [0.717, 1.165) is 49.3 Å². The number of nitrogens with one attached hydrogen (secondary N) is 1. The van der Waals surface area contributed by atoms with Crippen molar-refractivity contribution >= 4 is 29.9 Å². The third kappa shape index (κ3) is 4.84. The van der Waals surface area contributed by atoms with Crippen molar-refractivity contribution in [1.29, 1.82) is 0 Å². The Balaban J connectivity index is 0.00000259. The first kappa shape index (κ1) is 22.8. The average molecular weight is 468 g/mol. The van der Waals surface area contributed by atoms with E-state index in [0.29, 0.717) is 30.2 Å². The smallest absolute Gasteiger partial charge is 0.223 e. The second kappa shape index (κ2) is 10.0. The van der Waals surface area contributed by atoms with Crippen LogP contribution >= 0.6 is 12.4 Å². The molecule has 1 aliphatic heterocycles. The SMILES string of the molecule is Cl.Nc1nc(-c2ccccc2CNCCCN2CCCC2=O)cc2nc(-c3ccco3)nn12. The monoisotopic (exact) mass is 467 g/mol. The Morgan fingerprint density at radius 3 is 2.82 bits per heavy atom. The maximum atomic E-state index is 11.7. The molecule has 0 spiro atoms. The lowest BCUT2D eigenvalue weighted by molar-refractivity contribution is -0.127. The first-order valence-corrected chi connectivity index (χ1v) is 10.8.